The molecular weight excluding hydrogens is 675 g/mol. The minimum atomic E-state index is 0.828. The quantitative estimate of drug-likeness (QED) is 0.172. The first-order chi connectivity index (χ1) is 26.8. The van der Waals surface area contributed by atoms with Crippen molar-refractivity contribution in [3.05, 3.63) is 176 Å². The van der Waals surface area contributed by atoms with Crippen LogP contribution in [0.25, 0.3) is 114 Å². The van der Waals surface area contributed by atoms with Gasteiger partial charge in [0, 0.05) is 37.2 Å². The van der Waals surface area contributed by atoms with Crippen LogP contribution in [0.4, 0.5) is 0 Å². The first kappa shape index (κ1) is 29.7. The van der Waals surface area contributed by atoms with Crippen LogP contribution in [0.15, 0.2) is 176 Å². The second-order valence-corrected chi connectivity index (χ2v) is 15.2. The maximum Gasteiger partial charge on any atom is 0.165 e. The van der Waals surface area contributed by atoms with Crippen molar-refractivity contribution in [1.29, 1.82) is 0 Å². The zero-order chi connectivity index (χ0) is 35.3. The maximum atomic E-state index is 5.72. The lowest BCUT2D eigenvalue weighted by atomic mass is 9.98. The van der Waals surface area contributed by atoms with E-state index in [1.54, 1.807) is 0 Å². The van der Waals surface area contributed by atoms with Crippen LogP contribution >= 0.6 is 11.3 Å². The predicted octanol–water partition coefficient (Wildman–Crippen LogP) is 13.9. The number of benzene rings is 9. The fourth-order valence-electron chi connectivity index (χ4n) is 8.69. The summed E-state index contributed by atoms with van der Waals surface area (Å²) in [6.07, 6.45) is 0. The maximum absolute atomic E-state index is 5.72. The third-order valence-corrected chi connectivity index (χ3v) is 12.3. The molecule has 0 aliphatic carbocycles. The summed E-state index contributed by atoms with van der Waals surface area (Å²) < 4.78 is 4.96. The number of para-hydroxylation sites is 1. The molecule has 12 aromatic rings. The highest BCUT2D eigenvalue weighted by molar-refractivity contribution is 7.27. The van der Waals surface area contributed by atoms with Crippen LogP contribution in [0.5, 0.6) is 0 Å². The van der Waals surface area contributed by atoms with E-state index < -0.39 is 0 Å². The van der Waals surface area contributed by atoms with E-state index in [1.165, 1.54) is 63.6 Å². The standard InChI is InChI=1S/C50H29N3S/c1-2-13-30(14-3-1)32-18-12-19-35(27-32)46-50(52-47-36-20-7-6-15-31(36)25-26-41(47)51-46)53-42-24-11-10-23-39(42)44-37-21-8-9-22-38(37)45-40-28-33-16-4-5-17-34(33)29-43(40)54-49(45)48(44)53/h1-29H. The molecule has 0 aliphatic rings. The van der Waals surface area contributed by atoms with Gasteiger partial charge in [-0.2, -0.15) is 0 Å². The second kappa shape index (κ2) is 11.3. The summed E-state index contributed by atoms with van der Waals surface area (Å²) >= 11 is 1.88. The molecule has 3 nitrogen and oxygen atoms in total. The van der Waals surface area contributed by atoms with E-state index in [4.69, 9.17) is 9.97 Å². The predicted molar refractivity (Wildman–Crippen MR) is 230 cm³/mol. The topological polar surface area (TPSA) is 30.7 Å². The Morgan fingerprint density at radius 1 is 0.426 bits per heavy atom. The summed E-state index contributed by atoms with van der Waals surface area (Å²) in [6, 6.07) is 63.3. The molecule has 0 amide bonds. The molecule has 0 fully saturated rings. The summed E-state index contributed by atoms with van der Waals surface area (Å²) in [5, 5.41) is 12.3. The third-order valence-electron chi connectivity index (χ3n) is 11.1. The van der Waals surface area contributed by atoms with Gasteiger partial charge in [-0.1, -0.05) is 146 Å². The highest BCUT2D eigenvalue weighted by Crippen LogP contribution is 2.49. The number of hydrogen-bond acceptors (Lipinski definition) is 3. The molecule has 0 atom stereocenters. The zero-order valence-electron chi connectivity index (χ0n) is 29.0. The highest BCUT2D eigenvalue weighted by atomic mass is 32.1. The average Bonchev–Trinajstić information content (AvgIpc) is 3.79. The minimum Gasteiger partial charge on any atom is -0.290 e. The van der Waals surface area contributed by atoms with Gasteiger partial charge in [0.2, 0.25) is 0 Å². The molecule has 0 aliphatic heterocycles. The molecule has 0 spiro atoms. The van der Waals surface area contributed by atoms with Gasteiger partial charge in [0.1, 0.15) is 5.69 Å². The van der Waals surface area contributed by atoms with Crippen molar-refractivity contribution in [2.45, 2.75) is 0 Å². The summed E-state index contributed by atoms with van der Waals surface area (Å²) in [7, 11) is 0. The SMILES string of the molecule is c1ccc(-c2cccc(-c3nc4ccc5ccccc5c4nc3-n3c4ccccc4c4c5ccccc5c5c6cc7ccccc7cc6sc5c43)c2)cc1. The van der Waals surface area contributed by atoms with Gasteiger partial charge in [-0.25, -0.2) is 9.97 Å². The Bertz CT molecular complexity index is 3500. The van der Waals surface area contributed by atoms with Crippen molar-refractivity contribution in [3.63, 3.8) is 0 Å². The van der Waals surface area contributed by atoms with Crippen LogP contribution in [-0.4, -0.2) is 14.5 Å². The molecule has 3 aromatic heterocycles. The van der Waals surface area contributed by atoms with Gasteiger partial charge >= 0.3 is 0 Å². The third kappa shape index (κ3) is 4.23. The largest absolute Gasteiger partial charge is 0.290 e. The van der Waals surface area contributed by atoms with Gasteiger partial charge in [-0.3, -0.25) is 4.57 Å². The number of nitrogens with zero attached hydrogens (tertiary/aromatic N) is 3. The lowest BCUT2D eigenvalue weighted by Gasteiger charge is -2.16. The van der Waals surface area contributed by atoms with Crippen LogP contribution in [0.2, 0.25) is 0 Å². The molecule has 0 saturated heterocycles. The molecule has 0 unspecified atom stereocenters. The number of rotatable bonds is 3. The monoisotopic (exact) mass is 703 g/mol. The Balaban J connectivity index is 1.29. The number of aromatic nitrogens is 3. The van der Waals surface area contributed by atoms with Gasteiger partial charge in [-0.05, 0) is 68.4 Å². The van der Waals surface area contributed by atoms with Crippen molar-refractivity contribution in [1.82, 2.24) is 14.5 Å². The fraction of sp³-hybridized carbons (Fsp3) is 0. The molecule has 54 heavy (non-hydrogen) atoms. The van der Waals surface area contributed by atoms with Gasteiger partial charge in [0.15, 0.2) is 5.82 Å². The molecule has 9 aromatic carbocycles. The molecule has 4 heteroatoms. The smallest absolute Gasteiger partial charge is 0.165 e. The van der Waals surface area contributed by atoms with Crippen molar-refractivity contribution < 1.29 is 0 Å². The Morgan fingerprint density at radius 3 is 1.91 bits per heavy atom. The van der Waals surface area contributed by atoms with E-state index in [-0.39, 0.29) is 0 Å². The Hall–Kier alpha value is -6.88. The van der Waals surface area contributed by atoms with E-state index in [1.807, 2.05) is 11.3 Å². The lowest BCUT2D eigenvalue weighted by Crippen LogP contribution is -2.04. The Kier molecular flexibility index (Phi) is 6.21. The Labute approximate surface area is 314 Å². The van der Waals surface area contributed by atoms with Crippen molar-refractivity contribution in [2.75, 3.05) is 0 Å². The fourth-order valence-corrected chi connectivity index (χ4v) is 9.98. The number of fused-ring (bicyclic) bond motifs is 14. The lowest BCUT2D eigenvalue weighted by molar-refractivity contribution is 1.09. The summed E-state index contributed by atoms with van der Waals surface area (Å²) in [6.45, 7) is 0. The van der Waals surface area contributed by atoms with Crippen molar-refractivity contribution in [2.24, 2.45) is 0 Å². The highest BCUT2D eigenvalue weighted by Gasteiger charge is 2.25. The molecule has 0 bridgehead atoms. The van der Waals surface area contributed by atoms with Crippen molar-refractivity contribution >= 4 is 96.7 Å². The van der Waals surface area contributed by atoms with E-state index in [0.29, 0.717) is 0 Å². The second-order valence-electron chi connectivity index (χ2n) is 14.1. The van der Waals surface area contributed by atoms with Gasteiger partial charge in [-0.15, -0.1) is 11.3 Å². The average molecular weight is 704 g/mol. The van der Waals surface area contributed by atoms with Gasteiger partial charge in [0.25, 0.3) is 0 Å². The zero-order valence-corrected chi connectivity index (χ0v) is 29.8. The van der Waals surface area contributed by atoms with E-state index >= 15 is 0 Å². The molecule has 0 saturated carbocycles. The first-order valence-corrected chi connectivity index (χ1v) is 19.1. The molecule has 3 heterocycles. The van der Waals surface area contributed by atoms with Crippen LogP contribution < -0.4 is 0 Å². The summed E-state index contributed by atoms with van der Waals surface area (Å²) in [4.78, 5) is 11.3. The van der Waals surface area contributed by atoms with E-state index in [2.05, 4.69) is 180 Å². The number of thiophene rings is 1. The summed E-state index contributed by atoms with van der Waals surface area (Å²) in [5.74, 6) is 0.828. The summed E-state index contributed by atoms with van der Waals surface area (Å²) in [5.41, 5.74) is 8.26. The van der Waals surface area contributed by atoms with Crippen LogP contribution in [0.3, 0.4) is 0 Å². The number of hydrogen-bond donors (Lipinski definition) is 0. The van der Waals surface area contributed by atoms with Gasteiger partial charge in [0.05, 0.1) is 26.8 Å². The van der Waals surface area contributed by atoms with Crippen LogP contribution in [0, 0.1) is 0 Å². The molecule has 250 valence electrons. The first-order valence-electron chi connectivity index (χ1n) is 18.3. The van der Waals surface area contributed by atoms with Gasteiger partial charge < -0.3 is 0 Å². The Morgan fingerprint density at radius 2 is 1.07 bits per heavy atom. The molecule has 0 N–H and O–H groups in total. The van der Waals surface area contributed by atoms with Crippen LogP contribution in [-0.2, 0) is 0 Å². The van der Waals surface area contributed by atoms with E-state index in [9.17, 15) is 0 Å². The molecule has 12 rings (SSSR count). The van der Waals surface area contributed by atoms with Crippen molar-refractivity contribution in [3.8, 4) is 28.2 Å². The minimum absolute atomic E-state index is 0.828. The van der Waals surface area contributed by atoms with E-state index in [0.717, 1.165) is 50.0 Å². The normalized spacial score (nSPS) is 12.1. The molecular formula is C50H29N3S. The van der Waals surface area contributed by atoms with Crippen LogP contribution in [0.1, 0.15) is 0 Å². The molecule has 0 radical (unpaired) electrons.